The zero-order chi connectivity index (χ0) is 10.9. The van der Waals surface area contributed by atoms with Gasteiger partial charge in [-0.25, -0.2) is 0 Å². The van der Waals surface area contributed by atoms with Crippen LogP contribution in [0.5, 0.6) is 0 Å². The lowest BCUT2D eigenvalue weighted by molar-refractivity contribution is -0.117. The van der Waals surface area contributed by atoms with Crippen molar-refractivity contribution >= 4 is 21.1 Å². The minimum atomic E-state index is -4.90. The molecule has 0 aromatic carbocycles. The Bertz CT molecular complexity index is 288. The Balaban J connectivity index is 4.77. The number of carbonyl (C=O) groups excluding carboxylic acids is 1. The van der Waals surface area contributed by atoms with E-state index in [1.165, 1.54) is 0 Å². The minimum Gasteiger partial charge on any atom is -0.369 e. The molecule has 0 fully saturated rings. The maximum absolute atomic E-state index is 10.5. The molecular formula is C3H9NO7P2. The molecule has 0 spiro atoms. The van der Waals surface area contributed by atoms with Crippen LogP contribution in [-0.2, 0) is 13.9 Å². The third kappa shape index (κ3) is 5.15. The van der Waals surface area contributed by atoms with Gasteiger partial charge in [0.15, 0.2) is 5.66 Å². The molecule has 0 aromatic heterocycles. The lowest BCUT2D eigenvalue weighted by Gasteiger charge is -2.14. The van der Waals surface area contributed by atoms with Crippen molar-refractivity contribution in [1.82, 2.24) is 0 Å². The van der Waals surface area contributed by atoms with Crippen LogP contribution in [0.25, 0.3) is 0 Å². The third-order valence-electron chi connectivity index (χ3n) is 1.15. The van der Waals surface area contributed by atoms with Gasteiger partial charge in [0.05, 0.1) is 6.16 Å². The number of carbonyl (C=O) groups is 1. The molecule has 1 atom stereocenters. The smallest absolute Gasteiger partial charge is 0.338 e. The fourth-order valence-corrected chi connectivity index (χ4v) is 3.04. The summed E-state index contributed by atoms with van der Waals surface area (Å²) < 4.78 is 20.8. The molecule has 1 unspecified atom stereocenters. The standard InChI is InChI=1S/C3H9NO7P2/c4-3(5)2(13(9,10)11)1-12(6,7)8/h2H,1H2,(H2,4,5)(H2,6,7,8)(H2,9,10,11). The normalized spacial score (nSPS) is 15.4. The summed E-state index contributed by atoms with van der Waals surface area (Å²) in [5, 5.41) is 0. The van der Waals surface area contributed by atoms with Crippen molar-refractivity contribution in [1.29, 1.82) is 0 Å². The first-order chi connectivity index (χ1) is 5.54. The molecule has 6 N–H and O–H groups in total. The average molecular weight is 233 g/mol. The monoisotopic (exact) mass is 233 g/mol. The van der Waals surface area contributed by atoms with Gasteiger partial charge < -0.3 is 25.3 Å². The molecule has 0 radical (unpaired) electrons. The number of rotatable bonds is 4. The Morgan fingerprint density at radius 3 is 1.69 bits per heavy atom. The highest BCUT2D eigenvalue weighted by Crippen LogP contribution is 2.48. The lowest BCUT2D eigenvalue weighted by Crippen LogP contribution is -2.31. The minimum absolute atomic E-state index is 1.24. The molecule has 10 heteroatoms. The van der Waals surface area contributed by atoms with Crippen LogP contribution in [0.3, 0.4) is 0 Å². The molecule has 78 valence electrons. The van der Waals surface area contributed by atoms with Crippen molar-refractivity contribution in [3.8, 4) is 0 Å². The Kier molecular flexibility index (Phi) is 3.81. The fourth-order valence-electron chi connectivity index (χ4n) is 0.587. The quantitative estimate of drug-likeness (QED) is 0.358. The van der Waals surface area contributed by atoms with E-state index in [0.29, 0.717) is 0 Å². The van der Waals surface area contributed by atoms with Gasteiger partial charge in [-0.2, -0.15) is 0 Å². The van der Waals surface area contributed by atoms with Crippen LogP contribution in [0.1, 0.15) is 0 Å². The van der Waals surface area contributed by atoms with Crippen LogP contribution in [0.4, 0.5) is 0 Å². The average Bonchev–Trinajstić information content (AvgIpc) is 1.77. The van der Waals surface area contributed by atoms with Crippen LogP contribution in [0, 0.1) is 0 Å². The summed E-state index contributed by atoms with van der Waals surface area (Å²) in [7, 11) is -9.56. The Hall–Kier alpha value is -0.230. The van der Waals surface area contributed by atoms with Crippen LogP contribution in [0.2, 0.25) is 0 Å². The highest BCUT2D eigenvalue weighted by atomic mass is 31.2. The van der Waals surface area contributed by atoms with Crippen molar-refractivity contribution in [2.24, 2.45) is 5.73 Å². The predicted octanol–water partition coefficient (Wildman–Crippen LogP) is -1.80. The zero-order valence-corrected chi connectivity index (χ0v) is 8.06. The molecule has 0 aliphatic heterocycles. The lowest BCUT2D eigenvalue weighted by atomic mass is 10.5. The van der Waals surface area contributed by atoms with E-state index < -0.39 is 32.9 Å². The van der Waals surface area contributed by atoms with Crippen LogP contribution in [-0.4, -0.2) is 37.3 Å². The van der Waals surface area contributed by atoms with Gasteiger partial charge in [0.1, 0.15) is 0 Å². The first-order valence-corrected chi connectivity index (χ1v) is 6.41. The van der Waals surface area contributed by atoms with Gasteiger partial charge in [0.25, 0.3) is 0 Å². The predicted molar refractivity (Wildman–Crippen MR) is 41.9 cm³/mol. The van der Waals surface area contributed by atoms with E-state index in [2.05, 4.69) is 5.73 Å². The Morgan fingerprint density at radius 1 is 1.23 bits per heavy atom. The van der Waals surface area contributed by atoms with Crippen molar-refractivity contribution in [2.75, 3.05) is 6.16 Å². The summed E-state index contributed by atoms with van der Waals surface area (Å²) in [5.41, 5.74) is 2.42. The first-order valence-electron chi connectivity index (χ1n) is 2.93. The highest BCUT2D eigenvalue weighted by molar-refractivity contribution is 7.57. The van der Waals surface area contributed by atoms with Crippen molar-refractivity contribution < 1.29 is 33.5 Å². The molecule has 1 amide bonds. The highest BCUT2D eigenvalue weighted by Gasteiger charge is 2.39. The number of hydrogen-bond acceptors (Lipinski definition) is 3. The number of amides is 1. The summed E-state index contributed by atoms with van der Waals surface area (Å²) in [4.78, 5) is 44.1. The molecule has 13 heavy (non-hydrogen) atoms. The first kappa shape index (κ1) is 12.8. The number of nitrogens with two attached hydrogens (primary N) is 1. The maximum atomic E-state index is 10.5. The van der Waals surface area contributed by atoms with Gasteiger partial charge in [-0.05, 0) is 0 Å². The van der Waals surface area contributed by atoms with Gasteiger partial charge in [0, 0.05) is 0 Å². The second kappa shape index (κ2) is 3.88. The van der Waals surface area contributed by atoms with Gasteiger partial charge in [0.2, 0.25) is 5.91 Å². The SMILES string of the molecule is NC(=O)C(CP(=O)(O)O)P(=O)(O)O. The second-order valence-corrected chi connectivity index (χ2v) is 5.85. The number of primary amides is 1. The molecule has 8 nitrogen and oxygen atoms in total. The van der Waals surface area contributed by atoms with Crippen LogP contribution in [0.15, 0.2) is 0 Å². The molecule has 0 rings (SSSR count). The maximum Gasteiger partial charge on any atom is 0.338 e. The molecule has 0 aromatic rings. The van der Waals surface area contributed by atoms with Crippen molar-refractivity contribution in [3.63, 3.8) is 0 Å². The van der Waals surface area contributed by atoms with E-state index in [0.717, 1.165) is 0 Å². The summed E-state index contributed by atoms with van der Waals surface area (Å²) in [6.07, 6.45) is -1.24. The second-order valence-electron chi connectivity index (χ2n) is 2.35. The Morgan fingerprint density at radius 2 is 1.62 bits per heavy atom. The molecule has 0 aliphatic carbocycles. The van der Waals surface area contributed by atoms with E-state index in [9.17, 15) is 13.9 Å². The fraction of sp³-hybridized carbons (Fsp3) is 0.667. The molecular weight excluding hydrogens is 224 g/mol. The largest absolute Gasteiger partial charge is 0.369 e. The van der Waals surface area contributed by atoms with E-state index in [4.69, 9.17) is 19.6 Å². The van der Waals surface area contributed by atoms with E-state index in [-0.39, 0.29) is 0 Å². The molecule has 0 saturated carbocycles. The topological polar surface area (TPSA) is 158 Å². The van der Waals surface area contributed by atoms with Gasteiger partial charge >= 0.3 is 15.2 Å². The van der Waals surface area contributed by atoms with Gasteiger partial charge in [-0.3, -0.25) is 13.9 Å². The molecule has 0 aliphatic rings. The summed E-state index contributed by atoms with van der Waals surface area (Å²) in [6.45, 7) is 0. The molecule has 0 heterocycles. The summed E-state index contributed by atoms with van der Waals surface area (Å²) in [5.74, 6) is -1.43. The van der Waals surface area contributed by atoms with E-state index in [1.54, 1.807) is 0 Å². The molecule has 0 saturated heterocycles. The molecule has 0 bridgehead atoms. The van der Waals surface area contributed by atoms with Crippen molar-refractivity contribution in [3.05, 3.63) is 0 Å². The van der Waals surface area contributed by atoms with Crippen LogP contribution < -0.4 is 5.73 Å². The van der Waals surface area contributed by atoms with Crippen molar-refractivity contribution in [2.45, 2.75) is 5.66 Å². The van der Waals surface area contributed by atoms with E-state index in [1.807, 2.05) is 0 Å². The third-order valence-corrected chi connectivity index (χ3v) is 3.52. The summed E-state index contributed by atoms with van der Waals surface area (Å²) >= 11 is 0. The van der Waals surface area contributed by atoms with Gasteiger partial charge in [-0.1, -0.05) is 0 Å². The van der Waals surface area contributed by atoms with Crippen LogP contribution >= 0.6 is 15.2 Å². The van der Waals surface area contributed by atoms with E-state index >= 15 is 0 Å². The van der Waals surface area contributed by atoms with Gasteiger partial charge in [-0.15, -0.1) is 0 Å². The Labute approximate surface area is 73.1 Å². The zero-order valence-electron chi connectivity index (χ0n) is 6.27. The summed E-state index contributed by atoms with van der Waals surface area (Å²) in [6, 6.07) is 0. The number of hydrogen-bond donors (Lipinski definition) is 5.